The van der Waals surface area contributed by atoms with Crippen LogP contribution in [0, 0.1) is 0 Å². The molecule has 1 aromatic carbocycles. The highest BCUT2D eigenvalue weighted by atomic mass is 32.1. The summed E-state index contributed by atoms with van der Waals surface area (Å²) in [5, 5.41) is 9.60. The van der Waals surface area contributed by atoms with E-state index in [-0.39, 0.29) is 19.6 Å². The molecule has 0 atom stereocenters. The average Bonchev–Trinajstić information content (AvgIpc) is 3.18. The number of carbonyl (C=O) groups excluding carboxylic acids is 2. The molecule has 2 amide bonds. The number of halogens is 3. The molecule has 0 radical (unpaired) electrons. The Hall–Kier alpha value is -3.15. The molecule has 0 saturated carbocycles. The zero-order valence-electron chi connectivity index (χ0n) is 16.0. The lowest BCUT2D eigenvalue weighted by molar-refractivity contribution is -0.140. The van der Waals surface area contributed by atoms with Crippen molar-refractivity contribution < 1.29 is 22.8 Å². The molecule has 0 fully saturated rings. The molecule has 8 nitrogen and oxygen atoms in total. The van der Waals surface area contributed by atoms with Crippen LogP contribution in [0.5, 0.6) is 0 Å². The molecule has 0 bridgehead atoms. The van der Waals surface area contributed by atoms with Crippen LogP contribution in [0.3, 0.4) is 0 Å². The van der Waals surface area contributed by atoms with Crippen LogP contribution in [0.2, 0.25) is 0 Å². The van der Waals surface area contributed by atoms with Crippen LogP contribution in [-0.2, 0) is 24.1 Å². The van der Waals surface area contributed by atoms with Gasteiger partial charge in [0.15, 0.2) is 11.7 Å². The standard InChI is InChI=1S/C18H21F3N6O2S/c1-2-23-17(26-9-15-27-13(10-30-15)18(19,20)21)25-7-11-3-5-12(6-4-11)16(29)24-8-14(22)28/h3-6,10H,2,7-9H2,1H3,(H2,22,28)(H,24,29)(H2,23,25,26). The number of primary amides is 1. The monoisotopic (exact) mass is 442 g/mol. The molecule has 162 valence electrons. The summed E-state index contributed by atoms with van der Waals surface area (Å²) in [5.74, 6) is -0.629. The van der Waals surface area contributed by atoms with Gasteiger partial charge >= 0.3 is 6.18 Å². The molecule has 0 aliphatic rings. The van der Waals surface area contributed by atoms with E-state index < -0.39 is 23.7 Å². The van der Waals surface area contributed by atoms with Crippen molar-refractivity contribution in [2.45, 2.75) is 26.2 Å². The Labute approximate surface area is 174 Å². The maximum absolute atomic E-state index is 12.6. The molecule has 12 heteroatoms. The van der Waals surface area contributed by atoms with Gasteiger partial charge in [-0.3, -0.25) is 9.59 Å². The van der Waals surface area contributed by atoms with Crippen LogP contribution in [0.1, 0.15) is 33.5 Å². The Morgan fingerprint density at radius 3 is 2.43 bits per heavy atom. The quantitative estimate of drug-likeness (QED) is 0.366. The number of amides is 2. The molecule has 0 spiro atoms. The van der Waals surface area contributed by atoms with Crippen molar-refractivity contribution in [2.24, 2.45) is 10.7 Å². The molecule has 2 rings (SSSR count). The number of benzene rings is 1. The van der Waals surface area contributed by atoms with Crippen LogP contribution in [-0.4, -0.2) is 35.8 Å². The molecular formula is C18H21F3N6O2S. The number of alkyl halides is 3. The Kier molecular flexibility index (Phi) is 8.16. The first-order valence-corrected chi connectivity index (χ1v) is 9.76. The number of thiazole rings is 1. The molecule has 1 aromatic heterocycles. The van der Waals surface area contributed by atoms with Crippen molar-refractivity contribution in [3.63, 3.8) is 0 Å². The fourth-order valence-electron chi connectivity index (χ4n) is 2.22. The van der Waals surface area contributed by atoms with Gasteiger partial charge in [-0.15, -0.1) is 11.3 Å². The second kappa shape index (κ2) is 10.6. The number of nitrogens with zero attached hydrogens (tertiary/aromatic N) is 2. The number of nitrogens with two attached hydrogens (primary N) is 1. The van der Waals surface area contributed by atoms with E-state index in [1.807, 2.05) is 6.92 Å². The summed E-state index contributed by atoms with van der Waals surface area (Å²) in [6.07, 6.45) is -4.46. The van der Waals surface area contributed by atoms with Crippen LogP contribution in [0.15, 0.2) is 34.6 Å². The molecule has 30 heavy (non-hydrogen) atoms. The Bertz CT molecular complexity index is 896. The molecule has 5 N–H and O–H groups in total. The zero-order chi connectivity index (χ0) is 22.1. The summed E-state index contributed by atoms with van der Waals surface area (Å²) >= 11 is 0.918. The number of hydrogen-bond acceptors (Lipinski definition) is 5. The summed E-state index contributed by atoms with van der Waals surface area (Å²) in [7, 11) is 0. The SMILES string of the molecule is CCNC(=NCc1ccc(C(=O)NCC(N)=O)cc1)NCc1nc(C(F)(F)F)cs1. The molecular weight excluding hydrogens is 421 g/mol. The van der Waals surface area contributed by atoms with Crippen molar-refractivity contribution in [3.05, 3.63) is 51.5 Å². The van der Waals surface area contributed by atoms with E-state index in [1.54, 1.807) is 24.3 Å². The van der Waals surface area contributed by atoms with Crippen molar-refractivity contribution >= 4 is 29.1 Å². The van der Waals surface area contributed by atoms with E-state index in [2.05, 4.69) is 25.9 Å². The zero-order valence-corrected chi connectivity index (χ0v) is 16.9. The summed E-state index contributed by atoms with van der Waals surface area (Å²) in [6.45, 7) is 2.57. The van der Waals surface area contributed by atoms with Crippen molar-refractivity contribution in [1.29, 1.82) is 0 Å². The summed E-state index contributed by atoms with van der Waals surface area (Å²) in [4.78, 5) is 30.5. The van der Waals surface area contributed by atoms with Gasteiger partial charge in [-0.25, -0.2) is 9.98 Å². The van der Waals surface area contributed by atoms with Gasteiger partial charge in [0, 0.05) is 17.5 Å². The molecule has 0 unspecified atom stereocenters. The fourth-order valence-corrected chi connectivity index (χ4v) is 2.97. The van der Waals surface area contributed by atoms with Crippen LogP contribution in [0.4, 0.5) is 13.2 Å². The van der Waals surface area contributed by atoms with Gasteiger partial charge in [-0.05, 0) is 24.6 Å². The van der Waals surface area contributed by atoms with E-state index >= 15 is 0 Å². The van der Waals surface area contributed by atoms with Gasteiger partial charge < -0.3 is 21.7 Å². The smallest absolute Gasteiger partial charge is 0.368 e. The molecule has 2 aromatic rings. The molecule has 1 heterocycles. The number of aliphatic imine (C=N–C) groups is 1. The normalized spacial score (nSPS) is 11.8. The minimum Gasteiger partial charge on any atom is -0.368 e. The third-order valence-electron chi connectivity index (χ3n) is 3.65. The summed E-state index contributed by atoms with van der Waals surface area (Å²) < 4.78 is 37.9. The van der Waals surface area contributed by atoms with Crippen LogP contribution >= 0.6 is 11.3 Å². The summed E-state index contributed by atoms with van der Waals surface area (Å²) in [5.41, 5.74) is 5.26. The fraction of sp³-hybridized carbons (Fsp3) is 0.333. The predicted molar refractivity (Wildman–Crippen MR) is 107 cm³/mol. The number of nitrogens with one attached hydrogen (secondary N) is 3. The lowest BCUT2D eigenvalue weighted by Gasteiger charge is -2.10. The minimum atomic E-state index is -4.46. The van der Waals surface area contributed by atoms with E-state index in [0.717, 1.165) is 22.3 Å². The lowest BCUT2D eigenvalue weighted by atomic mass is 10.1. The third-order valence-corrected chi connectivity index (χ3v) is 4.50. The van der Waals surface area contributed by atoms with Gasteiger partial charge in [0.2, 0.25) is 5.91 Å². The van der Waals surface area contributed by atoms with Gasteiger partial charge in [-0.2, -0.15) is 13.2 Å². The first-order valence-electron chi connectivity index (χ1n) is 8.88. The van der Waals surface area contributed by atoms with Gasteiger partial charge in [0.1, 0.15) is 5.01 Å². The molecule has 0 saturated heterocycles. The van der Waals surface area contributed by atoms with Gasteiger partial charge in [-0.1, -0.05) is 12.1 Å². The minimum absolute atomic E-state index is 0.103. The van der Waals surface area contributed by atoms with Crippen LogP contribution < -0.4 is 21.7 Å². The Balaban J connectivity index is 1.94. The van der Waals surface area contributed by atoms with Crippen molar-refractivity contribution in [1.82, 2.24) is 20.9 Å². The van der Waals surface area contributed by atoms with E-state index in [1.165, 1.54) is 0 Å². The highest BCUT2D eigenvalue weighted by Gasteiger charge is 2.33. The van der Waals surface area contributed by atoms with E-state index in [0.29, 0.717) is 23.1 Å². The Morgan fingerprint density at radius 2 is 1.87 bits per heavy atom. The van der Waals surface area contributed by atoms with Crippen molar-refractivity contribution in [3.8, 4) is 0 Å². The largest absolute Gasteiger partial charge is 0.434 e. The van der Waals surface area contributed by atoms with Crippen LogP contribution in [0.25, 0.3) is 0 Å². The maximum atomic E-state index is 12.6. The number of carbonyl (C=O) groups is 2. The van der Waals surface area contributed by atoms with Gasteiger partial charge in [0.05, 0.1) is 19.6 Å². The third kappa shape index (κ3) is 7.35. The summed E-state index contributed by atoms with van der Waals surface area (Å²) in [6, 6.07) is 6.61. The average molecular weight is 442 g/mol. The topological polar surface area (TPSA) is 122 Å². The second-order valence-corrected chi connectivity index (χ2v) is 6.96. The number of rotatable bonds is 8. The molecule has 0 aliphatic carbocycles. The maximum Gasteiger partial charge on any atom is 0.434 e. The lowest BCUT2D eigenvalue weighted by Crippen LogP contribution is -2.36. The number of guanidine groups is 1. The molecule has 0 aliphatic heterocycles. The van der Waals surface area contributed by atoms with Gasteiger partial charge in [0.25, 0.3) is 5.91 Å². The second-order valence-electron chi connectivity index (χ2n) is 6.02. The first kappa shape index (κ1) is 23.1. The highest BCUT2D eigenvalue weighted by Crippen LogP contribution is 2.29. The number of aromatic nitrogens is 1. The van der Waals surface area contributed by atoms with Crippen molar-refractivity contribution in [2.75, 3.05) is 13.1 Å². The van der Waals surface area contributed by atoms with E-state index in [4.69, 9.17) is 5.73 Å². The highest BCUT2D eigenvalue weighted by molar-refractivity contribution is 7.09. The first-order chi connectivity index (χ1) is 14.2. The van der Waals surface area contributed by atoms with E-state index in [9.17, 15) is 22.8 Å². The predicted octanol–water partition coefficient (Wildman–Crippen LogP) is 1.63. The Morgan fingerprint density at radius 1 is 1.17 bits per heavy atom. The number of hydrogen-bond donors (Lipinski definition) is 4.